The quantitative estimate of drug-likeness (QED) is 0.638. The van der Waals surface area contributed by atoms with Crippen molar-refractivity contribution in [2.24, 2.45) is 7.05 Å². The van der Waals surface area contributed by atoms with Crippen molar-refractivity contribution in [1.29, 1.82) is 0 Å². The van der Waals surface area contributed by atoms with Gasteiger partial charge in [-0.25, -0.2) is 4.98 Å². The molecule has 0 aliphatic carbocycles. The largest absolute Gasteiger partial charge is 0.472 e. The first-order valence-corrected chi connectivity index (χ1v) is 3.70. The number of imidazole rings is 1. The lowest BCUT2D eigenvalue weighted by Gasteiger charge is -2.27. The van der Waals surface area contributed by atoms with Crippen LogP contribution in [0, 0.1) is 0 Å². The molecule has 1 aliphatic heterocycles. The molecule has 0 saturated carbocycles. The van der Waals surface area contributed by atoms with Crippen molar-refractivity contribution in [3.8, 4) is 5.88 Å². The van der Waals surface area contributed by atoms with Gasteiger partial charge in [0.25, 0.3) is 0 Å². The van der Waals surface area contributed by atoms with Gasteiger partial charge in [0.05, 0.1) is 12.5 Å². The first kappa shape index (κ1) is 6.67. The number of nitrogens with zero attached hydrogens (tertiary/aromatic N) is 2. The molecule has 1 aromatic rings. The molecule has 4 nitrogen and oxygen atoms in total. The predicted octanol–water partition coefficient (Wildman–Crippen LogP) is -0.229. The predicted molar refractivity (Wildman–Crippen MR) is 40.5 cm³/mol. The van der Waals surface area contributed by atoms with E-state index in [4.69, 9.17) is 4.74 Å². The summed E-state index contributed by atoms with van der Waals surface area (Å²) in [6.45, 7) is 1.90. The zero-order chi connectivity index (χ0) is 7.68. The third kappa shape index (κ3) is 1.21. The molecule has 0 atom stereocenters. The number of hydrogen-bond acceptors (Lipinski definition) is 3. The van der Waals surface area contributed by atoms with E-state index in [1.165, 1.54) is 0 Å². The van der Waals surface area contributed by atoms with Gasteiger partial charge in [-0.05, 0) is 0 Å². The van der Waals surface area contributed by atoms with Gasteiger partial charge in [0, 0.05) is 20.1 Å². The Bertz CT molecular complexity index is 242. The van der Waals surface area contributed by atoms with Gasteiger partial charge in [0.2, 0.25) is 5.88 Å². The van der Waals surface area contributed by atoms with E-state index in [9.17, 15) is 0 Å². The lowest BCUT2D eigenvalue weighted by Crippen LogP contribution is -2.50. The third-order valence-corrected chi connectivity index (χ3v) is 1.80. The molecule has 11 heavy (non-hydrogen) atoms. The molecule has 1 N–H and O–H groups in total. The molecule has 2 heterocycles. The van der Waals surface area contributed by atoms with Crippen LogP contribution < -0.4 is 10.1 Å². The van der Waals surface area contributed by atoms with Crippen LogP contribution in [0.15, 0.2) is 12.5 Å². The van der Waals surface area contributed by atoms with E-state index in [1.807, 2.05) is 11.6 Å². The van der Waals surface area contributed by atoms with Crippen LogP contribution in [-0.4, -0.2) is 28.7 Å². The van der Waals surface area contributed by atoms with Crippen LogP contribution in [0.4, 0.5) is 0 Å². The van der Waals surface area contributed by atoms with Gasteiger partial charge < -0.3 is 14.6 Å². The van der Waals surface area contributed by atoms with Gasteiger partial charge >= 0.3 is 0 Å². The van der Waals surface area contributed by atoms with E-state index in [0.29, 0.717) is 6.10 Å². The summed E-state index contributed by atoms with van der Waals surface area (Å²) in [5.74, 6) is 0.844. The average Bonchev–Trinajstić information content (AvgIpc) is 2.27. The number of ether oxygens (including phenoxy) is 1. The molecule has 4 heteroatoms. The maximum absolute atomic E-state index is 5.56. The van der Waals surface area contributed by atoms with Crippen molar-refractivity contribution >= 4 is 0 Å². The second-order valence-corrected chi connectivity index (χ2v) is 2.74. The maximum atomic E-state index is 5.56. The highest BCUT2D eigenvalue weighted by Crippen LogP contribution is 2.10. The Kier molecular flexibility index (Phi) is 1.54. The Morgan fingerprint density at radius 1 is 1.73 bits per heavy atom. The molecule has 1 aliphatic rings. The van der Waals surface area contributed by atoms with E-state index in [-0.39, 0.29) is 0 Å². The first-order chi connectivity index (χ1) is 5.36. The van der Waals surface area contributed by atoms with Crippen LogP contribution in [0.1, 0.15) is 0 Å². The second-order valence-electron chi connectivity index (χ2n) is 2.74. The molecule has 0 bridgehead atoms. The molecule has 60 valence electrons. The van der Waals surface area contributed by atoms with Crippen molar-refractivity contribution in [3.05, 3.63) is 12.5 Å². The van der Waals surface area contributed by atoms with Gasteiger partial charge in [-0.2, -0.15) is 0 Å². The van der Waals surface area contributed by atoms with Gasteiger partial charge in [0.1, 0.15) is 6.10 Å². The van der Waals surface area contributed by atoms with Crippen LogP contribution >= 0.6 is 0 Å². The van der Waals surface area contributed by atoms with Crippen molar-refractivity contribution < 1.29 is 4.74 Å². The van der Waals surface area contributed by atoms with Crippen molar-refractivity contribution in [2.75, 3.05) is 13.1 Å². The van der Waals surface area contributed by atoms with Crippen molar-refractivity contribution in [2.45, 2.75) is 6.10 Å². The van der Waals surface area contributed by atoms with Crippen molar-refractivity contribution in [1.82, 2.24) is 14.9 Å². The van der Waals surface area contributed by atoms with E-state index < -0.39 is 0 Å². The number of hydrogen-bond donors (Lipinski definition) is 1. The number of aryl methyl sites for hydroxylation is 1. The molecule has 1 saturated heterocycles. The van der Waals surface area contributed by atoms with Crippen LogP contribution in [0.25, 0.3) is 0 Å². The molecule has 0 radical (unpaired) electrons. The highest BCUT2D eigenvalue weighted by molar-refractivity contribution is 5.06. The molecular formula is C7H11N3O. The van der Waals surface area contributed by atoms with E-state index in [0.717, 1.165) is 19.0 Å². The van der Waals surface area contributed by atoms with E-state index in [2.05, 4.69) is 10.3 Å². The summed E-state index contributed by atoms with van der Waals surface area (Å²) in [6.07, 6.45) is 3.81. The van der Waals surface area contributed by atoms with E-state index in [1.54, 1.807) is 12.5 Å². The highest BCUT2D eigenvalue weighted by Gasteiger charge is 2.19. The van der Waals surface area contributed by atoms with Gasteiger partial charge in [-0.1, -0.05) is 0 Å². The first-order valence-electron chi connectivity index (χ1n) is 3.70. The van der Waals surface area contributed by atoms with Crippen LogP contribution in [-0.2, 0) is 7.05 Å². The number of nitrogens with one attached hydrogen (secondary N) is 1. The lowest BCUT2D eigenvalue weighted by atomic mass is 10.2. The van der Waals surface area contributed by atoms with Crippen LogP contribution in [0.3, 0.4) is 0 Å². The minimum absolute atomic E-state index is 0.338. The monoisotopic (exact) mass is 153 g/mol. The number of aromatic nitrogens is 2. The highest BCUT2D eigenvalue weighted by atomic mass is 16.5. The molecule has 0 unspecified atom stereocenters. The molecule has 0 amide bonds. The fourth-order valence-corrected chi connectivity index (χ4v) is 0.975. The second kappa shape index (κ2) is 2.54. The minimum Gasteiger partial charge on any atom is -0.472 e. The Morgan fingerprint density at radius 2 is 2.55 bits per heavy atom. The fourth-order valence-electron chi connectivity index (χ4n) is 0.975. The topological polar surface area (TPSA) is 39.1 Å². The summed E-state index contributed by atoms with van der Waals surface area (Å²) >= 11 is 0. The Morgan fingerprint density at radius 3 is 3.00 bits per heavy atom. The molecule has 1 fully saturated rings. The molecule has 0 spiro atoms. The summed E-state index contributed by atoms with van der Waals surface area (Å²) < 4.78 is 7.43. The van der Waals surface area contributed by atoms with Crippen LogP contribution in [0.5, 0.6) is 5.88 Å². The SMILES string of the molecule is Cn1cncc1OC1CNC1. The molecule has 1 aromatic heterocycles. The number of rotatable bonds is 2. The Labute approximate surface area is 65.2 Å². The molecular weight excluding hydrogens is 142 g/mol. The van der Waals surface area contributed by atoms with Crippen LogP contribution in [0.2, 0.25) is 0 Å². The Hall–Kier alpha value is -1.03. The molecule has 2 rings (SSSR count). The molecule has 0 aromatic carbocycles. The minimum atomic E-state index is 0.338. The van der Waals surface area contributed by atoms with Gasteiger partial charge in [-0.15, -0.1) is 0 Å². The normalized spacial score (nSPS) is 17.9. The smallest absolute Gasteiger partial charge is 0.213 e. The average molecular weight is 153 g/mol. The summed E-state index contributed by atoms with van der Waals surface area (Å²) in [4.78, 5) is 3.95. The van der Waals surface area contributed by atoms with Gasteiger partial charge in [-0.3, -0.25) is 0 Å². The van der Waals surface area contributed by atoms with Crippen molar-refractivity contribution in [3.63, 3.8) is 0 Å². The summed E-state index contributed by atoms with van der Waals surface area (Å²) in [5, 5.41) is 3.14. The zero-order valence-electron chi connectivity index (χ0n) is 6.45. The summed E-state index contributed by atoms with van der Waals surface area (Å²) in [7, 11) is 1.93. The Balaban J connectivity index is 1.99. The van der Waals surface area contributed by atoms with Gasteiger partial charge in [0.15, 0.2) is 0 Å². The summed E-state index contributed by atoms with van der Waals surface area (Å²) in [6, 6.07) is 0. The maximum Gasteiger partial charge on any atom is 0.213 e. The standard InChI is InChI=1S/C7H11N3O/c1-10-5-9-4-7(10)11-6-2-8-3-6/h4-6,8H,2-3H2,1H3. The lowest BCUT2D eigenvalue weighted by molar-refractivity contribution is 0.132. The fraction of sp³-hybridized carbons (Fsp3) is 0.571. The third-order valence-electron chi connectivity index (χ3n) is 1.80. The zero-order valence-corrected chi connectivity index (χ0v) is 6.45. The van der Waals surface area contributed by atoms with E-state index >= 15 is 0 Å². The summed E-state index contributed by atoms with van der Waals surface area (Å²) in [5.41, 5.74) is 0.